The van der Waals surface area contributed by atoms with Crippen LogP contribution in [0.4, 0.5) is 0 Å². The monoisotopic (exact) mass is 282 g/mol. The van der Waals surface area contributed by atoms with Crippen molar-refractivity contribution < 1.29 is 19.0 Å². The number of nitrogens with zero attached hydrogens (tertiary/aromatic N) is 2. The summed E-state index contributed by atoms with van der Waals surface area (Å²) in [6, 6.07) is 3.29. The fourth-order valence-corrected chi connectivity index (χ4v) is 1.70. The highest BCUT2D eigenvalue weighted by atomic mass is 35.5. The molecule has 7 heteroatoms. The predicted molar refractivity (Wildman–Crippen MR) is 68.6 cm³/mol. The Hall–Kier alpha value is -2.08. The Balaban J connectivity index is 2.41. The van der Waals surface area contributed by atoms with Crippen LogP contribution in [0.5, 0.6) is 11.5 Å². The molecule has 6 nitrogen and oxygen atoms in total. The Labute approximate surface area is 114 Å². The van der Waals surface area contributed by atoms with Crippen LogP contribution in [-0.4, -0.2) is 36.8 Å². The topological polar surface area (TPSA) is 70.5 Å². The van der Waals surface area contributed by atoms with Gasteiger partial charge in [-0.3, -0.25) is 0 Å². The van der Waals surface area contributed by atoms with Gasteiger partial charge in [0.1, 0.15) is 11.5 Å². The number of aromatic nitrogens is 2. The molecule has 0 bridgehead atoms. The van der Waals surface area contributed by atoms with E-state index in [2.05, 4.69) is 14.7 Å². The van der Waals surface area contributed by atoms with Crippen LogP contribution >= 0.6 is 11.6 Å². The number of rotatable bonds is 4. The van der Waals surface area contributed by atoms with Gasteiger partial charge in [0.2, 0.25) is 0 Å². The van der Waals surface area contributed by atoms with Gasteiger partial charge in [0.15, 0.2) is 18.1 Å². The molecule has 0 atom stereocenters. The van der Waals surface area contributed by atoms with E-state index in [-0.39, 0.29) is 6.61 Å². The van der Waals surface area contributed by atoms with E-state index in [0.29, 0.717) is 27.6 Å². The lowest BCUT2D eigenvalue weighted by Gasteiger charge is -2.11. The zero-order valence-corrected chi connectivity index (χ0v) is 11.1. The quantitative estimate of drug-likeness (QED) is 0.629. The van der Waals surface area contributed by atoms with Crippen molar-refractivity contribution in [3.63, 3.8) is 0 Å². The van der Waals surface area contributed by atoms with Crippen LogP contribution < -0.4 is 9.47 Å². The van der Waals surface area contributed by atoms with Crippen LogP contribution in [0.2, 0.25) is 5.15 Å². The molecule has 0 fully saturated rings. The van der Waals surface area contributed by atoms with E-state index in [4.69, 9.17) is 21.1 Å². The summed E-state index contributed by atoms with van der Waals surface area (Å²) in [5, 5.41) is 0.917. The minimum Gasteiger partial charge on any atom is -0.493 e. The molecule has 19 heavy (non-hydrogen) atoms. The second-order valence-corrected chi connectivity index (χ2v) is 3.91. The summed E-state index contributed by atoms with van der Waals surface area (Å²) >= 11 is 5.98. The van der Waals surface area contributed by atoms with Gasteiger partial charge in [-0.05, 0) is 6.07 Å². The fraction of sp³-hybridized carbons (Fsp3) is 0.250. The number of ether oxygens (including phenoxy) is 3. The third-order valence-corrected chi connectivity index (χ3v) is 2.75. The molecule has 0 amide bonds. The lowest BCUT2D eigenvalue weighted by atomic mass is 10.2. The molecular weight excluding hydrogens is 272 g/mol. The maximum Gasteiger partial charge on any atom is 0.343 e. The molecule has 0 N–H and O–H groups in total. The minimum absolute atomic E-state index is 0.219. The first-order chi connectivity index (χ1) is 9.15. The highest BCUT2D eigenvalue weighted by Crippen LogP contribution is 2.33. The normalized spacial score (nSPS) is 10.3. The molecule has 0 spiro atoms. The number of carbonyl (C=O) groups is 1. The number of hydrogen-bond acceptors (Lipinski definition) is 6. The van der Waals surface area contributed by atoms with E-state index in [1.807, 2.05) is 0 Å². The predicted octanol–water partition coefficient (Wildman–Crippen LogP) is 1.84. The molecule has 0 aliphatic rings. The van der Waals surface area contributed by atoms with E-state index >= 15 is 0 Å². The number of esters is 1. The highest BCUT2D eigenvalue weighted by Gasteiger charge is 2.12. The zero-order chi connectivity index (χ0) is 13.8. The third-order valence-electron chi connectivity index (χ3n) is 2.45. The van der Waals surface area contributed by atoms with Crippen molar-refractivity contribution in [2.24, 2.45) is 0 Å². The van der Waals surface area contributed by atoms with Gasteiger partial charge in [0.05, 0.1) is 19.7 Å². The average Bonchev–Trinajstić information content (AvgIpc) is 2.44. The Morgan fingerprint density at radius 2 is 2.05 bits per heavy atom. The van der Waals surface area contributed by atoms with Gasteiger partial charge >= 0.3 is 5.97 Å². The van der Waals surface area contributed by atoms with Crippen LogP contribution in [0, 0.1) is 0 Å². The summed E-state index contributed by atoms with van der Waals surface area (Å²) in [7, 11) is 2.78. The standard InChI is InChI=1S/C12H11ClN2O4/c1-17-9-4-8-7(12(13)15-6-14-8)3-10(9)19-5-11(16)18-2/h3-4,6H,5H2,1-2H3. The number of halogens is 1. The molecule has 100 valence electrons. The summed E-state index contributed by atoms with van der Waals surface area (Å²) in [6.45, 7) is -0.219. The molecule has 2 aromatic rings. The van der Waals surface area contributed by atoms with Crippen LogP contribution in [0.15, 0.2) is 18.5 Å². The molecule has 0 saturated carbocycles. The van der Waals surface area contributed by atoms with Gasteiger partial charge < -0.3 is 14.2 Å². The van der Waals surface area contributed by atoms with Crippen molar-refractivity contribution in [2.75, 3.05) is 20.8 Å². The average molecular weight is 283 g/mol. The summed E-state index contributed by atoms with van der Waals surface area (Å²) in [5.41, 5.74) is 0.627. The van der Waals surface area contributed by atoms with Crippen molar-refractivity contribution >= 4 is 28.5 Å². The Kier molecular flexibility index (Phi) is 4.01. The number of methoxy groups -OCH3 is 2. The van der Waals surface area contributed by atoms with Crippen LogP contribution in [0.3, 0.4) is 0 Å². The second-order valence-electron chi connectivity index (χ2n) is 3.55. The van der Waals surface area contributed by atoms with Gasteiger partial charge in [0.25, 0.3) is 0 Å². The molecule has 0 radical (unpaired) electrons. The summed E-state index contributed by atoms with van der Waals surface area (Å²) in [5.74, 6) is 0.334. The summed E-state index contributed by atoms with van der Waals surface area (Å²) in [4.78, 5) is 19.0. The van der Waals surface area contributed by atoms with E-state index < -0.39 is 5.97 Å². The molecule has 1 aromatic carbocycles. The van der Waals surface area contributed by atoms with Crippen LogP contribution in [-0.2, 0) is 9.53 Å². The van der Waals surface area contributed by atoms with E-state index in [1.54, 1.807) is 12.1 Å². The van der Waals surface area contributed by atoms with E-state index in [1.165, 1.54) is 20.5 Å². The first-order valence-electron chi connectivity index (χ1n) is 5.33. The smallest absolute Gasteiger partial charge is 0.343 e. The molecule has 0 unspecified atom stereocenters. The maximum absolute atomic E-state index is 11.1. The highest BCUT2D eigenvalue weighted by molar-refractivity contribution is 6.34. The summed E-state index contributed by atoms with van der Waals surface area (Å²) < 4.78 is 15.0. The lowest BCUT2D eigenvalue weighted by Crippen LogP contribution is -2.13. The molecule has 1 aromatic heterocycles. The minimum atomic E-state index is -0.488. The Morgan fingerprint density at radius 1 is 1.26 bits per heavy atom. The van der Waals surface area contributed by atoms with Gasteiger partial charge in [-0.15, -0.1) is 0 Å². The maximum atomic E-state index is 11.1. The van der Waals surface area contributed by atoms with Crippen molar-refractivity contribution in [3.05, 3.63) is 23.6 Å². The van der Waals surface area contributed by atoms with Gasteiger partial charge in [-0.1, -0.05) is 11.6 Å². The Bertz CT molecular complexity index is 618. The zero-order valence-electron chi connectivity index (χ0n) is 10.3. The van der Waals surface area contributed by atoms with Crippen LogP contribution in [0.1, 0.15) is 0 Å². The lowest BCUT2D eigenvalue weighted by molar-refractivity contribution is -0.142. The molecule has 1 heterocycles. The summed E-state index contributed by atoms with van der Waals surface area (Å²) in [6.07, 6.45) is 1.36. The Morgan fingerprint density at radius 3 is 2.74 bits per heavy atom. The number of hydrogen-bond donors (Lipinski definition) is 0. The molecular formula is C12H11ClN2O4. The number of carbonyl (C=O) groups excluding carboxylic acids is 1. The largest absolute Gasteiger partial charge is 0.493 e. The van der Waals surface area contributed by atoms with Crippen molar-refractivity contribution in [1.82, 2.24) is 9.97 Å². The van der Waals surface area contributed by atoms with E-state index in [9.17, 15) is 4.79 Å². The second kappa shape index (κ2) is 5.71. The molecule has 0 aliphatic heterocycles. The van der Waals surface area contributed by atoms with Crippen molar-refractivity contribution in [2.45, 2.75) is 0 Å². The van der Waals surface area contributed by atoms with Crippen molar-refractivity contribution in [3.8, 4) is 11.5 Å². The first kappa shape index (κ1) is 13.4. The fourth-order valence-electron chi connectivity index (χ4n) is 1.50. The molecule has 0 aliphatic carbocycles. The van der Waals surface area contributed by atoms with E-state index in [0.717, 1.165) is 0 Å². The SMILES string of the molecule is COC(=O)COc1cc2c(Cl)ncnc2cc1OC. The van der Waals surface area contributed by atoms with Gasteiger partial charge in [-0.2, -0.15) is 0 Å². The number of fused-ring (bicyclic) bond motifs is 1. The van der Waals surface area contributed by atoms with Gasteiger partial charge in [-0.25, -0.2) is 14.8 Å². The van der Waals surface area contributed by atoms with Gasteiger partial charge in [0, 0.05) is 11.5 Å². The number of benzene rings is 1. The first-order valence-corrected chi connectivity index (χ1v) is 5.71. The van der Waals surface area contributed by atoms with Crippen molar-refractivity contribution in [1.29, 1.82) is 0 Å². The molecule has 0 saturated heterocycles. The molecule has 2 rings (SSSR count). The third kappa shape index (κ3) is 2.85. The van der Waals surface area contributed by atoms with Crippen LogP contribution in [0.25, 0.3) is 10.9 Å².